The second-order valence-corrected chi connectivity index (χ2v) is 16.8. The fourth-order valence-corrected chi connectivity index (χ4v) is 7.36. The van der Waals surface area contributed by atoms with E-state index in [2.05, 4.69) is 33.9 Å². The van der Waals surface area contributed by atoms with E-state index in [0.717, 1.165) is 38.5 Å². The highest BCUT2D eigenvalue weighted by atomic mass is 35.5. The second kappa shape index (κ2) is 9.17. The zero-order chi connectivity index (χ0) is 23.4. The van der Waals surface area contributed by atoms with Gasteiger partial charge in [0.2, 0.25) is 0 Å². The molecule has 3 rings (SSSR count). The SMILES string of the molecule is CC(C)(C)[Si](C)(C)O[C@]12CCCCC[C@H]1C[C@@H]2C(=O)Oc1c(Cl)c(Cl)c(Cl)c(Cl)c1Cl. The molecule has 3 nitrogen and oxygen atoms in total. The van der Waals surface area contributed by atoms with Gasteiger partial charge in [0.05, 0.1) is 26.6 Å². The summed E-state index contributed by atoms with van der Waals surface area (Å²) in [5, 5.41) is 0.0359. The van der Waals surface area contributed by atoms with Gasteiger partial charge in [-0.15, -0.1) is 0 Å². The lowest BCUT2D eigenvalue weighted by atomic mass is 9.58. The summed E-state index contributed by atoms with van der Waals surface area (Å²) in [7, 11) is -2.12. The Hall–Kier alpha value is 0.317. The quantitative estimate of drug-likeness (QED) is 0.124. The number of esters is 1. The van der Waals surface area contributed by atoms with Crippen molar-refractivity contribution in [2.45, 2.75) is 83.0 Å². The lowest BCUT2D eigenvalue weighted by molar-refractivity contribution is -0.179. The van der Waals surface area contributed by atoms with Crippen LogP contribution in [0.4, 0.5) is 0 Å². The van der Waals surface area contributed by atoms with Crippen LogP contribution in [0.1, 0.15) is 59.3 Å². The first-order chi connectivity index (χ1) is 14.2. The lowest BCUT2D eigenvalue weighted by Gasteiger charge is -2.58. The van der Waals surface area contributed by atoms with Crippen molar-refractivity contribution in [2.75, 3.05) is 0 Å². The minimum absolute atomic E-state index is 0.00808. The predicted octanol–water partition coefficient (Wildman–Crippen LogP) is 9.22. The molecule has 1 aromatic carbocycles. The molecule has 31 heavy (non-hydrogen) atoms. The molecule has 1 aromatic rings. The van der Waals surface area contributed by atoms with E-state index in [1.807, 2.05) is 0 Å². The van der Waals surface area contributed by atoms with Gasteiger partial charge in [-0.1, -0.05) is 98.0 Å². The molecule has 2 fully saturated rings. The predicted molar refractivity (Wildman–Crippen MR) is 133 cm³/mol. The highest BCUT2D eigenvalue weighted by Gasteiger charge is 2.62. The first-order valence-electron chi connectivity index (χ1n) is 10.7. The summed E-state index contributed by atoms with van der Waals surface area (Å²) in [6, 6.07) is 0. The summed E-state index contributed by atoms with van der Waals surface area (Å²) in [6.45, 7) is 11.1. The molecule has 2 aliphatic rings. The third kappa shape index (κ3) is 4.65. The summed E-state index contributed by atoms with van der Waals surface area (Å²) in [6.07, 6.45) is 6.01. The van der Waals surface area contributed by atoms with Crippen LogP contribution in [0.25, 0.3) is 0 Å². The van der Waals surface area contributed by atoms with Gasteiger partial charge >= 0.3 is 5.97 Å². The Labute approximate surface area is 211 Å². The lowest BCUT2D eigenvalue weighted by Crippen LogP contribution is -2.65. The number of carbonyl (C=O) groups is 1. The van der Waals surface area contributed by atoms with E-state index in [1.165, 1.54) is 0 Å². The second-order valence-electron chi connectivity index (χ2n) is 10.2. The van der Waals surface area contributed by atoms with Crippen molar-refractivity contribution in [1.82, 2.24) is 0 Å². The maximum atomic E-state index is 13.4. The zero-order valence-electron chi connectivity index (χ0n) is 18.5. The monoisotopic (exact) mass is 544 g/mol. The summed E-state index contributed by atoms with van der Waals surface area (Å²) in [5.41, 5.74) is -0.504. The highest BCUT2D eigenvalue weighted by Crippen LogP contribution is 2.58. The maximum Gasteiger partial charge on any atom is 0.317 e. The van der Waals surface area contributed by atoms with Crippen LogP contribution >= 0.6 is 58.0 Å². The van der Waals surface area contributed by atoms with Gasteiger partial charge in [0, 0.05) is 0 Å². The minimum atomic E-state index is -2.12. The number of carbonyl (C=O) groups excluding carboxylic acids is 1. The molecular weight excluding hydrogens is 518 g/mol. The topological polar surface area (TPSA) is 35.5 Å². The van der Waals surface area contributed by atoms with Crippen molar-refractivity contribution in [3.8, 4) is 5.75 Å². The molecule has 0 spiro atoms. The van der Waals surface area contributed by atoms with E-state index in [1.54, 1.807) is 0 Å². The molecule has 0 heterocycles. The number of halogens is 5. The van der Waals surface area contributed by atoms with Gasteiger partial charge in [-0.05, 0) is 43.3 Å². The van der Waals surface area contributed by atoms with Crippen LogP contribution in [0.15, 0.2) is 0 Å². The van der Waals surface area contributed by atoms with Crippen LogP contribution < -0.4 is 4.74 Å². The zero-order valence-corrected chi connectivity index (χ0v) is 23.3. The molecule has 0 radical (unpaired) electrons. The molecule has 0 bridgehead atoms. The van der Waals surface area contributed by atoms with Crippen LogP contribution in [0, 0.1) is 11.8 Å². The number of rotatable bonds is 4. The largest absolute Gasteiger partial charge is 0.423 e. The number of ether oxygens (including phenoxy) is 1. The normalized spacial score (nSPS) is 26.6. The Morgan fingerprint density at radius 1 is 0.935 bits per heavy atom. The standard InChI is InChI=1S/C22H29Cl5O3Si/c1-21(2,3)31(4,5)30-22-10-8-6-7-9-12(22)11-13(22)20(28)29-19-17(26)15(24)14(23)16(25)18(19)27/h12-13H,6-11H2,1-5H3/t12-,13+,22+/m0/s1. The number of hydrogen-bond donors (Lipinski definition) is 0. The van der Waals surface area contributed by atoms with E-state index in [4.69, 9.17) is 67.2 Å². The summed E-state index contributed by atoms with van der Waals surface area (Å²) < 4.78 is 12.7. The highest BCUT2D eigenvalue weighted by molar-refractivity contribution is 6.74. The fraction of sp³-hybridized carbons (Fsp3) is 0.682. The van der Waals surface area contributed by atoms with Crippen molar-refractivity contribution in [1.29, 1.82) is 0 Å². The van der Waals surface area contributed by atoms with Crippen LogP contribution in [-0.2, 0) is 9.22 Å². The first kappa shape index (κ1) is 25.9. The molecule has 0 N–H and O–H groups in total. The Morgan fingerprint density at radius 3 is 2.03 bits per heavy atom. The van der Waals surface area contributed by atoms with E-state index in [0.29, 0.717) is 5.92 Å². The van der Waals surface area contributed by atoms with E-state index in [-0.39, 0.29) is 41.8 Å². The third-order valence-corrected chi connectivity index (χ3v) is 14.1. The molecule has 3 atom stereocenters. The van der Waals surface area contributed by atoms with Crippen molar-refractivity contribution >= 4 is 72.3 Å². The fourth-order valence-electron chi connectivity index (χ4n) is 4.49. The molecule has 2 saturated carbocycles. The smallest absolute Gasteiger partial charge is 0.317 e. The minimum Gasteiger partial charge on any atom is -0.423 e. The summed E-state index contributed by atoms with van der Waals surface area (Å²) in [4.78, 5) is 13.4. The maximum absolute atomic E-state index is 13.4. The van der Waals surface area contributed by atoms with Gasteiger partial charge < -0.3 is 9.16 Å². The average molecular weight is 547 g/mol. The number of benzene rings is 1. The van der Waals surface area contributed by atoms with Gasteiger partial charge in [-0.3, -0.25) is 4.79 Å². The van der Waals surface area contributed by atoms with Crippen molar-refractivity contribution in [3.05, 3.63) is 25.1 Å². The Bertz CT molecular complexity index is 854. The molecule has 9 heteroatoms. The van der Waals surface area contributed by atoms with Crippen molar-refractivity contribution < 1.29 is 14.0 Å². The van der Waals surface area contributed by atoms with Crippen LogP contribution in [-0.4, -0.2) is 19.9 Å². The molecule has 0 amide bonds. The van der Waals surface area contributed by atoms with Gasteiger partial charge in [-0.25, -0.2) is 0 Å². The number of hydrogen-bond acceptors (Lipinski definition) is 3. The van der Waals surface area contributed by atoms with E-state index in [9.17, 15) is 4.79 Å². The Kier molecular flexibility index (Phi) is 7.67. The van der Waals surface area contributed by atoms with Crippen LogP contribution in [0.3, 0.4) is 0 Å². The van der Waals surface area contributed by atoms with Gasteiger partial charge in [0.25, 0.3) is 0 Å². The molecule has 0 aromatic heterocycles. The Morgan fingerprint density at radius 2 is 1.48 bits per heavy atom. The number of fused-ring (bicyclic) bond motifs is 1. The van der Waals surface area contributed by atoms with Crippen LogP contribution in [0.5, 0.6) is 5.75 Å². The van der Waals surface area contributed by atoms with Crippen LogP contribution in [0.2, 0.25) is 43.2 Å². The van der Waals surface area contributed by atoms with Gasteiger partial charge in [0.1, 0.15) is 10.0 Å². The first-order valence-corrected chi connectivity index (χ1v) is 15.5. The third-order valence-electron chi connectivity index (χ3n) is 7.33. The van der Waals surface area contributed by atoms with Gasteiger partial charge in [-0.2, -0.15) is 0 Å². The molecular formula is C22H29Cl5O3Si. The van der Waals surface area contributed by atoms with Gasteiger partial charge in [0.15, 0.2) is 14.1 Å². The molecule has 0 aliphatic heterocycles. The molecule has 2 aliphatic carbocycles. The van der Waals surface area contributed by atoms with E-state index >= 15 is 0 Å². The van der Waals surface area contributed by atoms with E-state index < -0.39 is 19.9 Å². The summed E-state index contributed by atoms with van der Waals surface area (Å²) in [5.74, 6) is -0.488. The Balaban J connectivity index is 1.94. The average Bonchev–Trinajstić information content (AvgIpc) is 2.81. The summed E-state index contributed by atoms with van der Waals surface area (Å²) >= 11 is 30.9. The molecule has 0 saturated heterocycles. The van der Waals surface area contributed by atoms with Crippen molar-refractivity contribution in [3.63, 3.8) is 0 Å². The molecule has 174 valence electrons. The van der Waals surface area contributed by atoms with Crippen molar-refractivity contribution in [2.24, 2.45) is 11.8 Å². The molecule has 0 unspecified atom stereocenters.